The largest absolute Gasteiger partial charge is 0.478 e. The number of thioether (sulfide) groups is 1. The van der Waals surface area contributed by atoms with Crippen molar-refractivity contribution >= 4 is 35.1 Å². The zero-order chi connectivity index (χ0) is 22.2. The maximum atomic E-state index is 12.8. The number of benzene rings is 2. The number of thiazole rings is 1. The van der Waals surface area contributed by atoms with E-state index in [1.165, 1.54) is 29.5 Å². The number of carboxylic acids is 1. The summed E-state index contributed by atoms with van der Waals surface area (Å²) in [5, 5.41) is 9.74. The Hall–Kier alpha value is -2.78. The van der Waals surface area contributed by atoms with E-state index in [0.717, 1.165) is 33.2 Å². The van der Waals surface area contributed by atoms with Crippen LogP contribution in [0.5, 0.6) is 5.75 Å². The fourth-order valence-electron chi connectivity index (χ4n) is 2.99. The van der Waals surface area contributed by atoms with Crippen LogP contribution in [0.4, 0.5) is 13.2 Å². The van der Waals surface area contributed by atoms with Gasteiger partial charge in [-0.15, -0.1) is 23.1 Å². The van der Waals surface area contributed by atoms with E-state index in [4.69, 9.17) is 9.84 Å². The highest BCUT2D eigenvalue weighted by Gasteiger charge is 2.30. The number of hydrogen-bond acceptors (Lipinski definition) is 5. The van der Waals surface area contributed by atoms with Gasteiger partial charge in [-0.25, -0.2) is 9.78 Å². The van der Waals surface area contributed by atoms with Gasteiger partial charge in [-0.3, -0.25) is 0 Å². The van der Waals surface area contributed by atoms with Gasteiger partial charge < -0.3 is 9.84 Å². The van der Waals surface area contributed by atoms with Crippen molar-refractivity contribution in [1.82, 2.24) is 4.98 Å². The van der Waals surface area contributed by atoms with E-state index in [9.17, 15) is 18.0 Å². The molecule has 0 saturated carbocycles. The Morgan fingerprint density at radius 2 is 1.97 bits per heavy atom. The highest BCUT2D eigenvalue weighted by atomic mass is 32.2. The number of aryl methyl sites for hydroxylation is 1. The van der Waals surface area contributed by atoms with Gasteiger partial charge in [0.15, 0.2) is 0 Å². The minimum absolute atomic E-state index is 0.526. The molecule has 1 aliphatic rings. The van der Waals surface area contributed by atoms with Crippen LogP contribution in [0.15, 0.2) is 53.4 Å². The molecule has 9 heteroatoms. The molecule has 0 saturated heterocycles. The molecule has 1 aliphatic heterocycles. The second-order valence-corrected chi connectivity index (χ2v) is 8.96. The molecule has 0 fully saturated rings. The molecular formula is C22H16F3NO3S2. The van der Waals surface area contributed by atoms with E-state index in [1.54, 1.807) is 23.9 Å². The Bertz CT molecular complexity index is 1150. The van der Waals surface area contributed by atoms with Crippen molar-refractivity contribution in [2.24, 2.45) is 0 Å². The van der Waals surface area contributed by atoms with E-state index in [0.29, 0.717) is 22.1 Å². The molecule has 2 aromatic carbocycles. The Morgan fingerprint density at radius 1 is 1.23 bits per heavy atom. The SMILES string of the molecule is Cc1nc(-c2ccc(C(F)(F)F)cc2)sc1CSc1ccc2c(c1)C=CC(C(=O)O)O2. The summed E-state index contributed by atoms with van der Waals surface area (Å²) < 4.78 is 43.7. The van der Waals surface area contributed by atoms with Crippen LogP contribution in [0.1, 0.15) is 21.7 Å². The molecular weight excluding hydrogens is 447 g/mol. The predicted octanol–water partition coefficient (Wildman–Crippen LogP) is 6.29. The maximum Gasteiger partial charge on any atom is 0.416 e. The van der Waals surface area contributed by atoms with E-state index in [-0.39, 0.29) is 0 Å². The van der Waals surface area contributed by atoms with Crippen LogP contribution >= 0.6 is 23.1 Å². The van der Waals surface area contributed by atoms with Gasteiger partial charge in [0.05, 0.1) is 11.3 Å². The number of fused-ring (bicyclic) bond motifs is 1. The van der Waals surface area contributed by atoms with Gasteiger partial charge in [0.2, 0.25) is 6.10 Å². The summed E-state index contributed by atoms with van der Waals surface area (Å²) in [4.78, 5) is 17.6. The summed E-state index contributed by atoms with van der Waals surface area (Å²) in [7, 11) is 0. The van der Waals surface area contributed by atoms with Crippen LogP contribution in [0.2, 0.25) is 0 Å². The fourth-order valence-corrected chi connectivity index (χ4v) is 5.15. The molecule has 0 radical (unpaired) electrons. The smallest absolute Gasteiger partial charge is 0.416 e. The zero-order valence-corrected chi connectivity index (χ0v) is 17.8. The van der Waals surface area contributed by atoms with Gasteiger partial charge in [0.1, 0.15) is 10.8 Å². The summed E-state index contributed by atoms with van der Waals surface area (Å²) in [5.41, 5.74) is 1.63. The van der Waals surface area contributed by atoms with Gasteiger partial charge in [0.25, 0.3) is 0 Å². The third kappa shape index (κ3) is 4.77. The first-order valence-corrected chi connectivity index (χ1v) is 11.0. The van der Waals surface area contributed by atoms with Gasteiger partial charge in [-0.2, -0.15) is 13.2 Å². The van der Waals surface area contributed by atoms with Crippen LogP contribution in [-0.2, 0) is 16.7 Å². The molecule has 3 aromatic rings. The molecule has 0 spiro atoms. The topological polar surface area (TPSA) is 59.4 Å². The van der Waals surface area contributed by atoms with Crippen LogP contribution in [0.25, 0.3) is 16.6 Å². The Morgan fingerprint density at radius 3 is 2.65 bits per heavy atom. The Kier molecular flexibility index (Phi) is 5.81. The first-order valence-electron chi connectivity index (χ1n) is 9.19. The molecule has 31 heavy (non-hydrogen) atoms. The average Bonchev–Trinajstić information content (AvgIpc) is 3.11. The van der Waals surface area contributed by atoms with Crippen molar-refractivity contribution in [2.45, 2.75) is 29.9 Å². The monoisotopic (exact) mass is 463 g/mol. The quantitative estimate of drug-likeness (QED) is 0.451. The molecule has 4 nitrogen and oxygen atoms in total. The van der Waals surface area contributed by atoms with Crippen LogP contribution in [0, 0.1) is 6.92 Å². The molecule has 1 aromatic heterocycles. The summed E-state index contributed by atoms with van der Waals surface area (Å²) >= 11 is 3.06. The Labute approximate surface area is 184 Å². The minimum Gasteiger partial charge on any atom is -0.478 e. The molecule has 0 amide bonds. The highest BCUT2D eigenvalue weighted by Crippen LogP contribution is 2.36. The first kappa shape index (κ1) is 21.5. The van der Waals surface area contributed by atoms with Crippen molar-refractivity contribution in [3.05, 3.63) is 70.2 Å². The second-order valence-electron chi connectivity index (χ2n) is 6.83. The van der Waals surface area contributed by atoms with E-state index < -0.39 is 23.8 Å². The standard InChI is InChI=1S/C22H16F3NO3S2/c1-12-19(31-20(26-12)13-2-5-15(6-3-13)22(23,24)25)11-30-16-7-9-17-14(10-16)4-8-18(29-17)21(27)28/h2-10,18H,11H2,1H3,(H,27,28). The van der Waals surface area contributed by atoms with Gasteiger partial charge in [-0.05, 0) is 43.3 Å². The van der Waals surface area contributed by atoms with E-state index >= 15 is 0 Å². The summed E-state index contributed by atoms with van der Waals surface area (Å²) in [5.74, 6) is 0.147. The number of carboxylic acid groups (broad SMARTS) is 1. The fraction of sp³-hybridized carbons (Fsp3) is 0.182. The molecule has 4 rings (SSSR count). The highest BCUT2D eigenvalue weighted by molar-refractivity contribution is 7.98. The van der Waals surface area contributed by atoms with Gasteiger partial charge in [-0.1, -0.05) is 18.2 Å². The number of nitrogens with zero attached hydrogens (tertiary/aromatic N) is 1. The summed E-state index contributed by atoms with van der Waals surface area (Å²) in [6.07, 6.45) is -2.09. The maximum absolute atomic E-state index is 12.8. The normalized spacial score (nSPS) is 15.4. The van der Waals surface area contributed by atoms with Gasteiger partial charge >= 0.3 is 12.1 Å². The number of rotatable bonds is 5. The Balaban J connectivity index is 1.46. The van der Waals surface area contributed by atoms with Crippen LogP contribution in [-0.4, -0.2) is 22.2 Å². The number of carbonyl (C=O) groups is 1. The zero-order valence-electron chi connectivity index (χ0n) is 16.1. The number of hydrogen-bond donors (Lipinski definition) is 1. The first-order chi connectivity index (χ1) is 14.7. The predicted molar refractivity (Wildman–Crippen MR) is 114 cm³/mol. The van der Waals surface area contributed by atoms with Crippen LogP contribution < -0.4 is 4.74 Å². The summed E-state index contributed by atoms with van der Waals surface area (Å²) in [6.45, 7) is 1.88. The van der Waals surface area contributed by atoms with Crippen LogP contribution in [0.3, 0.4) is 0 Å². The minimum atomic E-state index is -4.36. The lowest BCUT2D eigenvalue weighted by atomic mass is 10.1. The number of aliphatic carboxylic acids is 1. The second kappa shape index (κ2) is 8.39. The van der Waals surface area contributed by atoms with Crippen molar-refractivity contribution in [3.63, 3.8) is 0 Å². The van der Waals surface area contributed by atoms with Crippen molar-refractivity contribution in [1.29, 1.82) is 0 Å². The van der Waals surface area contributed by atoms with E-state index in [2.05, 4.69) is 4.98 Å². The van der Waals surface area contributed by atoms with Crippen molar-refractivity contribution < 1.29 is 27.8 Å². The third-order valence-electron chi connectivity index (χ3n) is 4.65. The number of aromatic nitrogens is 1. The molecule has 0 aliphatic carbocycles. The van der Waals surface area contributed by atoms with Crippen molar-refractivity contribution in [3.8, 4) is 16.3 Å². The molecule has 1 unspecified atom stereocenters. The molecule has 2 heterocycles. The molecule has 1 N–H and O–H groups in total. The molecule has 1 atom stereocenters. The summed E-state index contributed by atoms with van der Waals surface area (Å²) in [6, 6.07) is 10.6. The lowest BCUT2D eigenvalue weighted by Gasteiger charge is -2.18. The third-order valence-corrected chi connectivity index (χ3v) is 7.06. The number of alkyl halides is 3. The van der Waals surface area contributed by atoms with Crippen molar-refractivity contribution in [2.75, 3.05) is 0 Å². The number of halogens is 3. The van der Waals surface area contributed by atoms with E-state index in [1.807, 2.05) is 19.1 Å². The molecule has 0 bridgehead atoms. The lowest BCUT2D eigenvalue weighted by Crippen LogP contribution is -2.26. The molecule has 160 valence electrons. The van der Waals surface area contributed by atoms with Gasteiger partial charge in [0, 0.05) is 26.7 Å². The number of ether oxygens (including phenoxy) is 1. The average molecular weight is 464 g/mol. The lowest BCUT2D eigenvalue weighted by molar-refractivity contribution is -0.143.